The molecule has 1 aromatic heterocycles. The number of amides is 1. The lowest BCUT2D eigenvalue weighted by Crippen LogP contribution is -2.41. The standard InChI is InChI=1S/C20H24ClN3O.ClH/c1-15(25)24(14-16-9-12-22-13-10-16)20(19-4-2-3-11-23-19)17-5-7-18(21)8-6-17;/h2-8,11,16,20,22H,9-10,12-14H2,1H3;1H. The Bertz CT molecular complexity index is 688. The summed E-state index contributed by atoms with van der Waals surface area (Å²) in [6.07, 6.45) is 3.97. The second-order valence-corrected chi connectivity index (χ2v) is 7.01. The van der Waals surface area contributed by atoms with Crippen LogP contribution in [0.5, 0.6) is 0 Å². The van der Waals surface area contributed by atoms with Gasteiger partial charge < -0.3 is 10.2 Å². The Kier molecular flexibility index (Phi) is 7.88. The molecule has 3 rings (SSSR count). The van der Waals surface area contributed by atoms with Gasteiger partial charge in [-0.3, -0.25) is 9.78 Å². The first kappa shape index (κ1) is 20.7. The van der Waals surface area contributed by atoms with Gasteiger partial charge in [-0.25, -0.2) is 0 Å². The van der Waals surface area contributed by atoms with Crippen LogP contribution < -0.4 is 5.32 Å². The predicted octanol–water partition coefficient (Wildman–Crippen LogP) is 4.09. The Morgan fingerprint density at radius 1 is 1.23 bits per heavy atom. The van der Waals surface area contributed by atoms with E-state index in [0.717, 1.165) is 43.7 Å². The molecule has 6 heteroatoms. The first-order valence-electron chi connectivity index (χ1n) is 8.79. The number of carbonyl (C=O) groups excluding carboxylic acids is 1. The molecule has 0 saturated carbocycles. The van der Waals surface area contributed by atoms with Crippen LogP contribution in [0.15, 0.2) is 48.7 Å². The van der Waals surface area contributed by atoms with E-state index in [-0.39, 0.29) is 24.4 Å². The van der Waals surface area contributed by atoms with Crippen molar-refractivity contribution in [1.29, 1.82) is 0 Å². The van der Waals surface area contributed by atoms with Crippen molar-refractivity contribution in [2.75, 3.05) is 19.6 Å². The Labute approximate surface area is 166 Å². The fourth-order valence-electron chi connectivity index (χ4n) is 3.45. The van der Waals surface area contributed by atoms with Crippen molar-refractivity contribution in [2.24, 2.45) is 5.92 Å². The number of benzene rings is 1. The molecule has 1 fully saturated rings. The molecule has 1 aliphatic rings. The van der Waals surface area contributed by atoms with Crippen LogP contribution in [0, 0.1) is 5.92 Å². The van der Waals surface area contributed by atoms with Gasteiger partial charge in [0, 0.05) is 24.7 Å². The number of hydrogen-bond acceptors (Lipinski definition) is 3. The molecule has 2 heterocycles. The van der Waals surface area contributed by atoms with Gasteiger partial charge >= 0.3 is 0 Å². The van der Waals surface area contributed by atoms with Crippen molar-refractivity contribution in [1.82, 2.24) is 15.2 Å². The lowest BCUT2D eigenvalue weighted by atomic mass is 9.94. The van der Waals surface area contributed by atoms with E-state index in [2.05, 4.69) is 10.3 Å². The molecular formula is C20H25Cl2N3O. The van der Waals surface area contributed by atoms with Crippen molar-refractivity contribution in [3.63, 3.8) is 0 Å². The van der Waals surface area contributed by atoms with Crippen LogP contribution in [0.2, 0.25) is 5.02 Å². The summed E-state index contributed by atoms with van der Waals surface area (Å²) in [6, 6.07) is 13.4. The maximum absolute atomic E-state index is 12.5. The molecule has 1 saturated heterocycles. The van der Waals surface area contributed by atoms with Gasteiger partial charge in [-0.2, -0.15) is 0 Å². The third-order valence-corrected chi connectivity index (χ3v) is 5.04. The molecule has 1 atom stereocenters. The van der Waals surface area contributed by atoms with Crippen molar-refractivity contribution < 1.29 is 4.79 Å². The molecule has 1 unspecified atom stereocenters. The van der Waals surface area contributed by atoms with Crippen LogP contribution in [0.1, 0.15) is 37.1 Å². The number of piperidine rings is 1. The third-order valence-electron chi connectivity index (χ3n) is 4.78. The molecule has 1 aromatic carbocycles. The highest BCUT2D eigenvalue weighted by molar-refractivity contribution is 6.30. The number of halogens is 2. The van der Waals surface area contributed by atoms with E-state index in [1.165, 1.54) is 0 Å². The van der Waals surface area contributed by atoms with Crippen LogP contribution in [-0.4, -0.2) is 35.4 Å². The van der Waals surface area contributed by atoms with E-state index in [0.29, 0.717) is 10.9 Å². The molecule has 4 nitrogen and oxygen atoms in total. The molecule has 0 spiro atoms. The van der Waals surface area contributed by atoms with Gasteiger partial charge in [0.05, 0.1) is 11.7 Å². The number of nitrogens with zero attached hydrogens (tertiary/aromatic N) is 2. The van der Waals surface area contributed by atoms with E-state index in [1.54, 1.807) is 13.1 Å². The Hall–Kier alpha value is -1.62. The second kappa shape index (κ2) is 9.91. The van der Waals surface area contributed by atoms with Crippen molar-refractivity contribution in [2.45, 2.75) is 25.8 Å². The second-order valence-electron chi connectivity index (χ2n) is 6.57. The number of pyridine rings is 1. The zero-order valence-corrected chi connectivity index (χ0v) is 16.5. The largest absolute Gasteiger partial charge is 0.330 e. The topological polar surface area (TPSA) is 45.2 Å². The summed E-state index contributed by atoms with van der Waals surface area (Å²) in [5.74, 6) is 0.591. The highest BCUT2D eigenvalue weighted by Gasteiger charge is 2.28. The van der Waals surface area contributed by atoms with E-state index in [1.807, 2.05) is 47.4 Å². The van der Waals surface area contributed by atoms with E-state index < -0.39 is 0 Å². The molecular weight excluding hydrogens is 369 g/mol. The fourth-order valence-corrected chi connectivity index (χ4v) is 3.58. The minimum atomic E-state index is -0.189. The Balaban J connectivity index is 0.00000243. The average Bonchev–Trinajstić information content (AvgIpc) is 2.64. The molecule has 140 valence electrons. The molecule has 1 aliphatic heterocycles. The lowest BCUT2D eigenvalue weighted by molar-refractivity contribution is -0.131. The highest BCUT2D eigenvalue weighted by atomic mass is 35.5. The molecule has 1 N–H and O–H groups in total. The minimum absolute atomic E-state index is 0. The van der Waals surface area contributed by atoms with Gasteiger partial charge in [0.15, 0.2) is 0 Å². The number of hydrogen-bond donors (Lipinski definition) is 1. The van der Waals surface area contributed by atoms with Crippen LogP contribution in [0.4, 0.5) is 0 Å². The minimum Gasteiger partial charge on any atom is -0.330 e. The van der Waals surface area contributed by atoms with Crippen LogP contribution in [-0.2, 0) is 4.79 Å². The smallest absolute Gasteiger partial charge is 0.220 e. The SMILES string of the molecule is CC(=O)N(CC1CCNCC1)C(c1ccc(Cl)cc1)c1ccccn1.Cl. The molecule has 0 bridgehead atoms. The molecule has 2 aromatic rings. The summed E-state index contributed by atoms with van der Waals surface area (Å²) in [5, 5.41) is 4.08. The van der Waals surface area contributed by atoms with Crippen LogP contribution in [0.3, 0.4) is 0 Å². The maximum Gasteiger partial charge on any atom is 0.220 e. The van der Waals surface area contributed by atoms with Gasteiger partial charge in [0.1, 0.15) is 0 Å². The summed E-state index contributed by atoms with van der Waals surface area (Å²) in [6.45, 7) is 4.44. The summed E-state index contributed by atoms with van der Waals surface area (Å²) < 4.78 is 0. The summed E-state index contributed by atoms with van der Waals surface area (Å²) in [4.78, 5) is 19.0. The van der Waals surface area contributed by atoms with E-state index in [4.69, 9.17) is 11.6 Å². The first-order valence-corrected chi connectivity index (χ1v) is 9.17. The van der Waals surface area contributed by atoms with Crippen LogP contribution in [0.25, 0.3) is 0 Å². The first-order chi connectivity index (χ1) is 12.1. The van der Waals surface area contributed by atoms with Gasteiger partial charge in [0.25, 0.3) is 0 Å². The zero-order chi connectivity index (χ0) is 17.6. The van der Waals surface area contributed by atoms with Crippen molar-refractivity contribution in [3.8, 4) is 0 Å². The van der Waals surface area contributed by atoms with E-state index in [9.17, 15) is 4.79 Å². The maximum atomic E-state index is 12.5. The zero-order valence-electron chi connectivity index (χ0n) is 14.9. The highest BCUT2D eigenvalue weighted by Crippen LogP contribution is 2.30. The van der Waals surface area contributed by atoms with E-state index >= 15 is 0 Å². The molecule has 1 amide bonds. The Morgan fingerprint density at radius 3 is 2.50 bits per heavy atom. The van der Waals surface area contributed by atoms with Crippen molar-refractivity contribution in [3.05, 3.63) is 64.9 Å². The van der Waals surface area contributed by atoms with Gasteiger partial charge in [-0.15, -0.1) is 12.4 Å². The quantitative estimate of drug-likeness (QED) is 0.831. The number of rotatable bonds is 5. The van der Waals surface area contributed by atoms with Crippen molar-refractivity contribution >= 4 is 29.9 Å². The molecule has 26 heavy (non-hydrogen) atoms. The summed E-state index contributed by atoms with van der Waals surface area (Å²) in [7, 11) is 0. The number of carbonyl (C=O) groups is 1. The normalized spacial score (nSPS) is 15.8. The van der Waals surface area contributed by atoms with Gasteiger partial charge in [0.2, 0.25) is 5.91 Å². The third kappa shape index (κ3) is 5.19. The fraction of sp³-hybridized carbons (Fsp3) is 0.400. The van der Waals surface area contributed by atoms with Gasteiger partial charge in [-0.05, 0) is 61.7 Å². The molecule has 0 radical (unpaired) electrons. The Morgan fingerprint density at radius 2 is 1.92 bits per heavy atom. The predicted molar refractivity (Wildman–Crippen MR) is 108 cm³/mol. The molecule has 0 aliphatic carbocycles. The van der Waals surface area contributed by atoms with Crippen LogP contribution >= 0.6 is 24.0 Å². The summed E-state index contributed by atoms with van der Waals surface area (Å²) >= 11 is 6.06. The monoisotopic (exact) mass is 393 g/mol. The average molecular weight is 394 g/mol. The number of nitrogens with one attached hydrogen (secondary N) is 1. The number of aromatic nitrogens is 1. The lowest BCUT2D eigenvalue weighted by Gasteiger charge is -2.35. The summed E-state index contributed by atoms with van der Waals surface area (Å²) in [5.41, 5.74) is 1.92. The van der Waals surface area contributed by atoms with Gasteiger partial charge in [-0.1, -0.05) is 29.8 Å².